The predicted octanol–water partition coefficient (Wildman–Crippen LogP) is 5.74. The highest BCUT2D eigenvalue weighted by molar-refractivity contribution is 8.13. The third-order valence-corrected chi connectivity index (χ3v) is 7.34. The molecule has 1 aliphatic rings. The lowest BCUT2D eigenvalue weighted by atomic mass is 9.92. The van der Waals surface area contributed by atoms with Crippen molar-refractivity contribution in [1.82, 2.24) is 0 Å². The molecule has 1 aliphatic heterocycles. The van der Waals surface area contributed by atoms with Crippen molar-refractivity contribution in [1.29, 1.82) is 0 Å². The van der Waals surface area contributed by atoms with Crippen LogP contribution < -0.4 is 20.5 Å². The van der Waals surface area contributed by atoms with Gasteiger partial charge in [0.1, 0.15) is 11.5 Å². The minimum Gasteiger partial charge on any atom is -0.456 e. The van der Waals surface area contributed by atoms with Gasteiger partial charge in [-0.3, -0.25) is 0 Å². The quantitative estimate of drug-likeness (QED) is 0.328. The highest BCUT2D eigenvalue weighted by atomic mass is 35.7. The average molecular weight is 488 g/mol. The molecule has 1 heterocycles. The van der Waals surface area contributed by atoms with E-state index in [-0.39, 0.29) is 4.90 Å². The summed E-state index contributed by atoms with van der Waals surface area (Å²) in [5.74, 6) is 1.23. The summed E-state index contributed by atoms with van der Waals surface area (Å²) >= 11 is 0. The number of ether oxygens (including phenoxy) is 1. The fraction of sp³-hybridized carbons (Fsp3) is 0.0714. The molecule has 0 spiro atoms. The van der Waals surface area contributed by atoms with E-state index < -0.39 is 9.05 Å². The second-order valence-corrected chi connectivity index (χ2v) is 10.9. The number of para-hydroxylation sites is 1. The molecule has 0 amide bonds. The van der Waals surface area contributed by atoms with Crippen molar-refractivity contribution < 1.29 is 13.2 Å². The molecule has 0 bridgehead atoms. The van der Waals surface area contributed by atoms with Crippen LogP contribution in [0.4, 0.5) is 11.4 Å². The Kier molecular flexibility index (Phi) is 5.47. The van der Waals surface area contributed by atoms with Gasteiger partial charge in [-0.1, -0.05) is 55.1 Å². The van der Waals surface area contributed by atoms with Crippen LogP contribution in [0, 0.1) is 13.8 Å². The molecule has 34 heavy (non-hydrogen) atoms. The van der Waals surface area contributed by atoms with Gasteiger partial charge in [0.2, 0.25) is 0 Å². The van der Waals surface area contributed by atoms with Gasteiger partial charge in [-0.2, -0.15) is 0 Å². The van der Waals surface area contributed by atoms with Crippen molar-refractivity contribution in [2.75, 3.05) is 5.32 Å². The number of benzene rings is 4. The molecule has 0 aliphatic carbocycles. The molecule has 0 unspecified atom stereocenters. The third-order valence-electron chi connectivity index (χ3n) is 5.96. The first kappa shape index (κ1) is 22.3. The summed E-state index contributed by atoms with van der Waals surface area (Å²) in [4.78, 5) is 0.0573. The molecular weight excluding hydrogens is 466 g/mol. The van der Waals surface area contributed by atoms with Crippen LogP contribution in [0.15, 0.2) is 83.8 Å². The van der Waals surface area contributed by atoms with E-state index in [1.165, 1.54) is 6.07 Å². The summed E-state index contributed by atoms with van der Waals surface area (Å²) < 4.78 is 31.1. The monoisotopic (exact) mass is 487 g/mol. The average Bonchev–Trinajstić information content (AvgIpc) is 2.79. The second-order valence-electron chi connectivity index (χ2n) is 8.34. The van der Waals surface area contributed by atoms with E-state index >= 15 is 0 Å². The predicted molar refractivity (Wildman–Crippen MR) is 138 cm³/mol. The fourth-order valence-electron chi connectivity index (χ4n) is 4.34. The normalized spacial score (nSPS) is 12.5. The number of hydrogen-bond acceptors (Lipinski definition) is 4. The smallest absolute Gasteiger partial charge is 0.261 e. The Morgan fingerprint density at radius 2 is 1.56 bits per heavy atom. The molecule has 4 nitrogen and oxygen atoms in total. The molecule has 0 atom stereocenters. The number of nitrogens with one attached hydrogen (secondary N) is 1. The number of hydrogen-bond donors (Lipinski definition) is 1. The van der Waals surface area contributed by atoms with Gasteiger partial charge < -0.3 is 10.1 Å². The Labute approximate surface area is 203 Å². The lowest BCUT2D eigenvalue weighted by molar-refractivity contribution is 0.472. The molecule has 0 aromatic heterocycles. The molecule has 0 saturated carbocycles. The second kappa shape index (κ2) is 8.35. The topological polar surface area (TPSA) is 55.4 Å². The van der Waals surface area contributed by atoms with Crippen LogP contribution in [0.3, 0.4) is 0 Å². The van der Waals surface area contributed by atoms with Gasteiger partial charge in [0.25, 0.3) is 9.05 Å². The summed E-state index contributed by atoms with van der Waals surface area (Å²) in [6.45, 7) is 8.14. The van der Waals surface area contributed by atoms with E-state index in [1.54, 1.807) is 18.2 Å². The van der Waals surface area contributed by atoms with E-state index in [1.807, 2.05) is 42.5 Å². The van der Waals surface area contributed by atoms with E-state index in [0.717, 1.165) is 44.1 Å². The van der Waals surface area contributed by atoms with Gasteiger partial charge in [-0.05, 0) is 54.5 Å². The van der Waals surface area contributed by atoms with E-state index in [9.17, 15) is 8.42 Å². The maximum Gasteiger partial charge on any atom is 0.261 e. The molecule has 4 aromatic rings. The minimum absolute atomic E-state index is 0.0573. The zero-order chi connectivity index (χ0) is 24.0. The standard InChI is InChI=1S/C28H22ClNO3S/c1-17-11-13-21-24(15-17)33-25-16-20(30-28-18(2)7-6-8-19(28)3)12-14-22(25)27(21)23-9-4-5-10-26(23)34(29,31)32/h4-16,30H,1H2,2-3H3. The molecule has 0 radical (unpaired) electrons. The molecule has 0 fully saturated rings. The molecule has 0 saturated heterocycles. The van der Waals surface area contributed by atoms with Crippen LogP contribution in [0.1, 0.15) is 22.3 Å². The summed E-state index contributed by atoms with van der Waals surface area (Å²) in [6.07, 6.45) is 0. The molecule has 4 aromatic carbocycles. The van der Waals surface area contributed by atoms with E-state index in [0.29, 0.717) is 17.1 Å². The minimum atomic E-state index is -3.97. The maximum absolute atomic E-state index is 12.4. The number of aryl methyl sites for hydroxylation is 2. The van der Waals surface area contributed by atoms with Crippen LogP contribution in [-0.2, 0) is 9.05 Å². The molecule has 1 N–H and O–H groups in total. The van der Waals surface area contributed by atoms with Crippen LogP contribution in [-0.4, -0.2) is 8.42 Å². The van der Waals surface area contributed by atoms with Gasteiger partial charge in [0, 0.05) is 50.0 Å². The first-order valence-corrected chi connectivity index (χ1v) is 13.1. The zero-order valence-corrected chi connectivity index (χ0v) is 20.3. The van der Waals surface area contributed by atoms with Gasteiger partial charge in [0.05, 0.1) is 4.90 Å². The number of fused-ring (bicyclic) bond motifs is 2. The van der Waals surface area contributed by atoms with Gasteiger partial charge >= 0.3 is 0 Å². The molecule has 6 heteroatoms. The first-order chi connectivity index (χ1) is 16.2. The number of anilines is 2. The maximum atomic E-state index is 12.4. The highest BCUT2D eigenvalue weighted by Crippen LogP contribution is 2.40. The summed E-state index contributed by atoms with van der Waals surface area (Å²) in [7, 11) is 1.85. The Morgan fingerprint density at radius 3 is 2.29 bits per heavy atom. The van der Waals surface area contributed by atoms with Crippen LogP contribution >= 0.6 is 10.7 Å². The highest BCUT2D eigenvalue weighted by Gasteiger charge is 2.25. The molecule has 170 valence electrons. The van der Waals surface area contributed by atoms with Crippen molar-refractivity contribution in [3.63, 3.8) is 0 Å². The van der Waals surface area contributed by atoms with E-state index in [2.05, 4.69) is 37.9 Å². The largest absolute Gasteiger partial charge is 0.456 e. The van der Waals surface area contributed by atoms with Crippen LogP contribution in [0.5, 0.6) is 11.5 Å². The Bertz CT molecular complexity index is 1660. The lowest BCUT2D eigenvalue weighted by Gasteiger charge is -2.23. The third kappa shape index (κ3) is 3.98. The number of rotatable bonds is 4. The van der Waals surface area contributed by atoms with Crippen molar-refractivity contribution in [2.24, 2.45) is 0 Å². The van der Waals surface area contributed by atoms with Gasteiger partial charge in [-0.25, -0.2) is 8.42 Å². The SMILES string of the molecule is C=c1ccc2c(c1)Oc1cc(Nc3c(C)cccc3C)ccc1C=2c1ccccc1S(=O)(=O)Cl. The van der Waals surface area contributed by atoms with Gasteiger partial charge in [0.15, 0.2) is 0 Å². The Hall–Kier alpha value is -3.54. The van der Waals surface area contributed by atoms with Gasteiger partial charge in [-0.15, -0.1) is 0 Å². The fourth-order valence-corrected chi connectivity index (χ4v) is 5.42. The van der Waals surface area contributed by atoms with E-state index in [4.69, 9.17) is 15.4 Å². The van der Waals surface area contributed by atoms with Crippen LogP contribution in [0.25, 0.3) is 12.2 Å². The van der Waals surface area contributed by atoms with Crippen molar-refractivity contribution in [2.45, 2.75) is 18.7 Å². The summed E-state index contributed by atoms with van der Waals surface area (Å²) in [5, 5.41) is 5.07. The first-order valence-electron chi connectivity index (χ1n) is 10.8. The zero-order valence-electron chi connectivity index (χ0n) is 18.7. The summed E-state index contributed by atoms with van der Waals surface area (Å²) in [5.41, 5.74) is 6.23. The van der Waals surface area contributed by atoms with Crippen molar-refractivity contribution in [3.8, 4) is 11.5 Å². The van der Waals surface area contributed by atoms with Crippen molar-refractivity contribution in [3.05, 3.63) is 112 Å². The Morgan fingerprint density at radius 1 is 0.824 bits per heavy atom. The Balaban J connectivity index is 1.74. The summed E-state index contributed by atoms with van der Waals surface area (Å²) in [6, 6.07) is 24.4. The molecule has 5 rings (SSSR count). The lowest BCUT2D eigenvalue weighted by Crippen LogP contribution is -2.20. The number of halogens is 1. The van der Waals surface area contributed by atoms with Crippen LogP contribution in [0.2, 0.25) is 0 Å². The molecular formula is C28H22ClNO3S. The van der Waals surface area contributed by atoms with Crippen molar-refractivity contribution >= 4 is 43.3 Å².